The van der Waals surface area contributed by atoms with E-state index in [4.69, 9.17) is 4.74 Å². The summed E-state index contributed by atoms with van der Waals surface area (Å²) in [5, 5.41) is 2.84. The molecule has 1 aromatic carbocycles. The van der Waals surface area contributed by atoms with Crippen LogP contribution in [0.1, 0.15) is 38.5 Å². The van der Waals surface area contributed by atoms with Crippen molar-refractivity contribution in [1.29, 1.82) is 0 Å². The van der Waals surface area contributed by atoms with Crippen LogP contribution >= 0.6 is 0 Å². The lowest BCUT2D eigenvalue weighted by atomic mass is 9.96. The Morgan fingerprint density at radius 3 is 2.72 bits per heavy atom. The van der Waals surface area contributed by atoms with Crippen LogP contribution in [0, 0.1) is 5.82 Å². The zero-order chi connectivity index (χ0) is 17.4. The molecule has 2 amide bonds. The number of likely N-dealkylation sites (tertiary alicyclic amines) is 1. The van der Waals surface area contributed by atoms with Crippen molar-refractivity contribution in [3.05, 3.63) is 24.0 Å². The molecule has 136 valence electrons. The lowest BCUT2D eigenvalue weighted by molar-refractivity contribution is 0.115. The summed E-state index contributed by atoms with van der Waals surface area (Å²) in [4.78, 5) is 16.8. The van der Waals surface area contributed by atoms with Gasteiger partial charge in [0.1, 0.15) is 0 Å². The van der Waals surface area contributed by atoms with Gasteiger partial charge in [-0.1, -0.05) is 0 Å². The van der Waals surface area contributed by atoms with E-state index in [1.807, 2.05) is 4.90 Å². The highest BCUT2D eigenvalue weighted by Gasteiger charge is 2.36. The first-order chi connectivity index (χ1) is 12.1. The van der Waals surface area contributed by atoms with Gasteiger partial charge in [-0.15, -0.1) is 0 Å². The van der Waals surface area contributed by atoms with Gasteiger partial charge in [0.2, 0.25) is 0 Å². The SMILES string of the molecule is CN1C2CCC1CN(C(=O)Nc1ccc(OC3CCC3)c(F)c1)CC2. The van der Waals surface area contributed by atoms with E-state index in [1.54, 1.807) is 12.1 Å². The minimum atomic E-state index is -0.417. The van der Waals surface area contributed by atoms with Crippen molar-refractivity contribution in [3.8, 4) is 5.75 Å². The fourth-order valence-electron chi connectivity index (χ4n) is 4.04. The molecule has 5 nitrogen and oxygen atoms in total. The van der Waals surface area contributed by atoms with E-state index in [-0.39, 0.29) is 17.9 Å². The third-order valence-corrected chi connectivity index (χ3v) is 5.96. The van der Waals surface area contributed by atoms with E-state index in [0.717, 1.165) is 45.2 Å². The summed E-state index contributed by atoms with van der Waals surface area (Å²) >= 11 is 0. The molecule has 2 atom stereocenters. The van der Waals surface area contributed by atoms with Gasteiger partial charge in [-0.25, -0.2) is 9.18 Å². The monoisotopic (exact) mass is 347 g/mol. The molecule has 2 aliphatic heterocycles. The van der Waals surface area contributed by atoms with Crippen LogP contribution in [0.15, 0.2) is 18.2 Å². The predicted molar refractivity (Wildman–Crippen MR) is 94.4 cm³/mol. The summed E-state index contributed by atoms with van der Waals surface area (Å²) in [6.07, 6.45) is 6.64. The van der Waals surface area contributed by atoms with E-state index in [1.165, 1.54) is 12.5 Å². The number of anilines is 1. The zero-order valence-electron chi connectivity index (χ0n) is 14.7. The van der Waals surface area contributed by atoms with Gasteiger partial charge in [-0.3, -0.25) is 4.90 Å². The molecule has 3 fully saturated rings. The second-order valence-electron chi connectivity index (χ2n) is 7.53. The van der Waals surface area contributed by atoms with E-state index in [0.29, 0.717) is 17.8 Å². The van der Waals surface area contributed by atoms with Crippen molar-refractivity contribution in [2.75, 3.05) is 25.5 Å². The molecular weight excluding hydrogens is 321 g/mol. The number of urea groups is 1. The number of nitrogens with zero attached hydrogens (tertiary/aromatic N) is 2. The molecule has 2 heterocycles. The number of rotatable bonds is 3. The van der Waals surface area contributed by atoms with Gasteiger partial charge in [-0.05, 0) is 57.7 Å². The highest BCUT2D eigenvalue weighted by Crippen LogP contribution is 2.30. The van der Waals surface area contributed by atoms with Crippen molar-refractivity contribution in [3.63, 3.8) is 0 Å². The summed E-state index contributed by atoms with van der Waals surface area (Å²) < 4.78 is 19.8. The van der Waals surface area contributed by atoms with Crippen molar-refractivity contribution < 1.29 is 13.9 Å². The maximum absolute atomic E-state index is 14.2. The molecule has 1 aliphatic carbocycles. The molecule has 2 bridgehead atoms. The summed E-state index contributed by atoms with van der Waals surface area (Å²) in [7, 11) is 2.15. The molecule has 3 aliphatic rings. The van der Waals surface area contributed by atoms with Crippen LogP contribution in [-0.4, -0.2) is 54.2 Å². The fraction of sp³-hybridized carbons (Fsp3) is 0.632. The Bertz CT molecular complexity index is 650. The van der Waals surface area contributed by atoms with Crippen LogP contribution in [-0.2, 0) is 0 Å². The van der Waals surface area contributed by atoms with Gasteiger partial charge in [0, 0.05) is 36.9 Å². The highest BCUT2D eigenvalue weighted by atomic mass is 19.1. The molecule has 25 heavy (non-hydrogen) atoms. The van der Waals surface area contributed by atoms with Crippen LogP contribution in [0.4, 0.5) is 14.9 Å². The van der Waals surface area contributed by atoms with Crippen LogP contribution in [0.2, 0.25) is 0 Å². The maximum atomic E-state index is 14.2. The van der Waals surface area contributed by atoms with E-state index in [2.05, 4.69) is 17.3 Å². The molecule has 2 unspecified atom stereocenters. The normalized spacial score (nSPS) is 26.9. The molecule has 1 saturated carbocycles. The van der Waals surface area contributed by atoms with E-state index >= 15 is 0 Å². The lowest BCUT2D eigenvalue weighted by Gasteiger charge is -2.27. The second-order valence-corrected chi connectivity index (χ2v) is 7.53. The number of carbonyl (C=O) groups is 1. The summed E-state index contributed by atoms with van der Waals surface area (Å²) in [5.74, 6) is -0.143. The van der Waals surface area contributed by atoms with Gasteiger partial charge in [0.05, 0.1) is 6.10 Å². The minimum Gasteiger partial charge on any atom is -0.487 e. The first kappa shape index (κ1) is 16.6. The van der Waals surface area contributed by atoms with Gasteiger partial charge >= 0.3 is 6.03 Å². The fourth-order valence-corrected chi connectivity index (χ4v) is 4.04. The smallest absolute Gasteiger partial charge is 0.321 e. The number of hydrogen-bond acceptors (Lipinski definition) is 3. The van der Waals surface area contributed by atoms with Gasteiger partial charge in [0.25, 0.3) is 0 Å². The van der Waals surface area contributed by atoms with Crippen LogP contribution < -0.4 is 10.1 Å². The Balaban J connectivity index is 1.38. The lowest BCUT2D eigenvalue weighted by Crippen LogP contribution is -2.41. The van der Waals surface area contributed by atoms with E-state index < -0.39 is 5.82 Å². The number of carbonyl (C=O) groups excluding carboxylic acids is 1. The number of amides is 2. The van der Waals surface area contributed by atoms with Crippen LogP contribution in [0.25, 0.3) is 0 Å². The molecule has 6 heteroatoms. The topological polar surface area (TPSA) is 44.8 Å². The molecule has 0 spiro atoms. The molecule has 1 aromatic rings. The highest BCUT2D eigenvalue weighted by molar-refractivity contribution is 5.89. The zero-order valence-corrected chi connectivity index (χ0v) is 14.7. The average molecular weight is 347 g/mol. The Kier molecular flexibility index (Phi) is 4.54. The number of hydrogen-bond donors (Lipinski definition) is 1. The third-order valence-electron chi connectivity index (χ3n) is 5.96. The minimum absolute atomic E-state index is 0.138. The van der Waals surface area contributed by atoms with Crippen molar-refractivity contribution in [1.82, 2.24) is 9.80 Å². The Morgan fingerprint density at radius 2 is 2.00 bits per heavy atom. The first-order valence-electron chi connectivity index (χ1n) is 9.34. The van der Waals surface area contributed by atoms with Crippen molar-refractivity contribution in [2.45, 2.75) is 56.7 Å². The predicted octanol–water partition coefficient (Wildman–Crippen LogP) is 3.46. The van der Waals surface area contributed by atoms with Crippen LogP contribution in [0.3, 0.4) is 0 Å². The number of likely N-dealkylation sites (N-methyl/N-ethyl adjacent to an activating group) is 1. The number of benzene rings is 1. The number of nitrogens with one attached hydrogen (secondary N) is 1. The standard InChI is InChI=1S/C19H26FN3O2/c1-22-14-6-7-15(22)12-23(10-9-14)19(24)21-13-5-8-18(17(20)11-13)25-16-3-2-4-16/h5,8,11,14-16H,2-4,6-7,9-10,12H2,1H3,(H,21,24). The Labute approximate surface area is 148 Å². The van der Waals surface area contributed by atoms with Crippen molar-refractivity contribution in [2.24, 2.45) is 0 Å². The van der Waals surface area contributed by atoms with Gasteiger partial charge in [-0.2, -0.15) is 0 Å². The second kappa shape index (κ2) is 6.83. The first-order valence-corrected chi connectivity index (χ1v) is 9.34. The average Bonchev–Trinajstić information content (AvgIpc) is 2.77. The number of halogens is 1. The number of ether oxygens (including phenoxy) is 1. The Hall–Kier alpha value is -1.82. The molecule has 0 aromatic heterocycles. The maximum Gasteiger partial charge on any atom is 0.321 e. The molecular formula is C19H26FN3O2. The summed E-state index contributed by atoms with van der Waals surface area (Å²) in [6.45, 7) is 1.49. The molecule has 1 N–H and O–H groups in total. The molecule has 2 saturated heterocycles. The van der Waals surface area contributed by atoms with Crippen LogP contribution in [0.5, 0.6) is 5.75 Å². The molecule has 0 radical (unpaired) electrons. The van der Waals surface area contributed by atoms with E-state index in [9.17, 15) is 9.18 Å². The largest absolute Gasteiger partial charge is 0.487 e. The summed E-state index contributed by atoms with van der Waals surface area (Å²) in [5.41, 5.74) is 0.478. The molecule has 4 rings (SSSR count). The van der Waals surface area contributed by atoms with Gasteiger partial charge < -0.3 is 15.0 Å². The van der Waals surface area contributed by atoms with Gasteiger partial charge in [0.15, 0.2) is 11.6 Å². The Morgan fingerprint density at radius 1 is 1.20 bits per heavy atom. The summed E-state index contributed by atoms with van der Waals surface area (Å²) in [6, 6.07) is 5.55. The van der Waals surface area contributed by atoms with Crippen molar-refractivity contribution >= 4 is 11.7 Å². The quantitative estimate of drug-likeness (QED) is 0.911. The third kappa shape index (κ3) is 3.45. The number of fused-ring (bicyclic) bond motifs is 2.